The standard InChI is InChI=1S/C15H8F2N2O3/c16-11-7-10(19(20)21)8-12(17)15(11)22-14-6-5-9-3-1-2-4-13(9)18-14/h1-8H. The Hall–Kier alpha value is -3.09. The SMILES string of the molecule is O=[N+]([O-])c1cc(F)c(Oc2ccc3ccccc3n2)c(F)c1. The highest BCUT2D eigenvalue weighted by Crippen LogP contribution is 2.30. The Bertz CT molecular complexity index is 861. The Morgan fingerprint density at radius 2 is 1.73 bits per heavy atom. The molecule has 0 fully saturated rings. The van der Waals surface area contributed by atoms with Gasteiger partial charge in [0.1, 0.15) is 0 Å². The molecule has 1 aromatic heterocycles. The van der Waals surface area contributed by atoms with Crippen molar-refractivity contribution in [1.82, 2.24) is 4.98 Å². The lowest BCUT2D eigenvalue weighted by molar-refractivity contribution is -0.385. The smallest absolute Gasteiger partial charge is 0.275 e. The second kappa shape index (κ2) is 5.36. The summed E-state index contributed by atoms with van der Waals surface area (Å²) >= 11 is 0. The van der Waals surface area contributed by atoms with Gasteiger partial charge in [0.25, 0.3) is 5.69 Å². The number of para-hydroxylation sites is 1. The fourth-order valence-corrected chi connectivity index (χ4v) is 1.96. The van der Waals surface area contributed by atoms with Crippen LogP contribution in [0.25, 0.3) is 10.9 Å². The number of fused-ring (bicyclic) bond motifs is 1. The van der Waals surface area contributed by atoms with Gasteiger partial charge < -0.3 is 4.74 Å². The summed E-state index contributed by atoms with van der Waals surface area (Å²) in [5.41, 5.74) is -0.0865. The molecule has 2 aromatic carbocycles. The van der Waals surface area contributed by atoms with Crippen LogP contribution in [0.4, 0.5) is 14.5 Å². The summed E-state index contributed by atoms with van der Waals surface area (Å²) in [6, 6.07) is 11.5. The van der Waals surface area contributed by atoms with Gasteiger partial charge in [-0.05, 0) is 12.1 Å². The molecular formula is C15H8F2N2O3. The van der Waals surface area contributed by atoms with Crippen LogP contribution in [0.1, 0.15) is 0 Å². The van der Waals surface area contributed by atoms with Crippen molar-refractivity contribution in [2.24, 2.45) is 0 Å². The third-order valence-corrected chi connectivity index (χ3v) is 2.97. The zero-order chi connectivity index (χ0) is 15.7. The van der Waals surface area contributed by atoms with Gasteiger partial charge in [-0.1, -0.05) is 18.2 Å². The minimum atomic E-state index is -1.17. The van der Waals surface area contributed by atoms with E-state index < -0.39 is 28.0 Å². The highest BCUT2D eigenvalue weighted by Gasteiger charge is 2.19. The van der Waals surface area contributed by atoms with E-state index in [1.165, 1.54) is 6.07 Å². The maximum Gasteiger partial charge on any atom is 0.275 e. The van der Waals surface area contributed by atoms with Crippen LogP contribution in [0, 0.1) is 21.7 Å². The maximum atomic E-state index is 13.8. The van der Waals surface area contributed by atoms with Crippen LogP contribution in [0.15, 0.2) is 48.5 Å². The minimum Gasteiger partial charge on any atom is -0.433 e. The molecule has 0 saturated carbocycles. The highest BCUT2D eigenvalue weighted by atomic mass is 19.1. The molecular weight excluding hydrogens is 294 g/mol. The Morgan fingerprint density at radius 1 is 1.05 bits per heavy atom. The Balaban J connectivity index is 1.99. The fourth-order valence-electron chi connectivity index (χ4n) is 1.96. The number of nitro benzene ring substituents is 1. The van der Waals surface area contributed by atoms with E-state index >= 15 is 0 Å². The van der Waals surface area contributed by atoms with E-state index in [4.69, 9.17) is 4.74 Å². The van der Waals surface area contributed by atoms with Gasteiger partial charge in [-0.2, -0.15) is 0 Å². The van der Waals surface area contributed by atoms with Crippen LogP contribution in [-0.2, 0) is 0 Å². The lowest BCUT2D eigenvalue weighted by Gasteiger charge is -2.07. The first-order valence-corrected chi connectivity index (χ1v) is 6.21. The number of ether oxygens (including phenoxy) is 1. The normalized spacial score (nSPS) is 10.6. The van der Waals surface area contributed by atoms with Gasteiger partial charge >= 0.3 is 0 Å². The summed E-state index contributed by atoms with van der Waals surface area (Å²) < 4.78 is 32.6. The fraction of sp³-hybridized carbons (Fsp3) is 0. The van der Waals surface area contributed by atoms with Gasteiger partial charge in [0.05, 0.1) is 22.6 Å². The number of rotatable bonds is 3. The lowest BCUT2D eigenvalue weighted by Crippen LogP contribution is -1.97. The van der Waals surface area contributed by atoms with E-state index in [0.29, 0.717) is 17.6 Å². The molecule has 0 aliphatic heterocycles. The van der Waals surface area contributed by atoms with Gasteiger partial charge in [0.15, 0.2) is 11.6 Å². The summed E-state index contributed by atoms with van der Waals surface area (Å²) in [5.74, 6) is -3.07. The molecule has 0 saturated heterocycles. The quantitative estimate of drug-likeness (QED) is 0.537. The predicted octanol–water partition coefficient (Wildman–Crippen LogP) is 4.21. The number of hydrogen-bond donors (Lipinski definition) is 0. The number of benzene rings is 2. The topological polar surface area (TPSA) is 65.3 Å². The van der Waals surface area contributed by atoms with E-state index in [1.807, 2.05) is 12.1 Å². The third kappa shape index (κ3) is 2.56. The number of nitrogens with zero attached hydrogens (tertiary/aromatic N) is 2. The number of nitro groups is 1. The molecule has 3 rings (SSSR count). The Morgan fingerprint density at radius 3 is 2.41 bits per heavy atom. The summed E-state index contributed by atoms with van der Waals surface area (Å²) in [6.45, 7) is 0. The van der Waals surface area contributed by atoms with E-state index in [0.717, 1.165) is 5.39 Å². The van der Waals surface area contributed by atoms with Crippen LogP contribution < -0.4 is 4.74 Å². The molecule has 0 atom stereocenters. The molecule has 0 radical (unpaired) electrons. The number of non-ortho nitro benzene ring substituents is 1. The summed E-state index contributed by atoms with van der Waals surface area (Å²) in [4.78, 5) is 13.8. The average molecular weight is 302 g/mol. The van der Waals surface area contributed by atoms with E-state index in [-0.39, 0.29) is 5.88 Å². The monoisotopic (exact) mass is 302 g/mol. The van der Waals surface area contributed by atoms with Crippen molar-refractivity contribution in [2.75, 3.05) is 0 Å². The van der Waals surface area contributed by atoms with Crippen LogP contribution in [0.3, 0.4) is 0 Å². The molecule has 5 nitrogen and oxygen atoms in total. The van der Waals surface area contributed by atoms with Crippen molar-refractivity contribution in [3.8, 4) is 11.6 Å². The molecule has 0 unspecified atom stereocenters. The first-order chi connectivity index (χ1) is 10.5. The van der Waals surface area contributed by atoms with E-state index in [1.54, 1.807) is 18.2 Å². The largest absolute Gasteiger partial charge is 0.433 e. The predicted molar refractivity (Wildman–Crippen MR) is 74.8 cm³/mol. The number of aromatic nitrogens is 1. The number of halogens is 2. The number of pyridine rings is 1. The van der Waals surface area contributed by atoms with Crippen molar-refractivity contribution in [2.45, 2.75) is 0 Å². The second-order valence-corrected chi connectivity index (χ2v) is 4.44. The summed E-state index contributed by atoms with van der Waals surface area (Å²) in [7, 11) is 0. The summed E-state index contributed by atoms with van der Waals surface area (Å²) in [6.07, 6.45) is 0. The van der Waals surface area contributed by atoms with Crippen molar-refractivity contribution in [3.63, 3.8) is 0 Å². The minimum absolute atomic E-state index is 0.00893. The molecule has 0 aliphatic rings. The molecule has 3 aromatic rings. The van der Waals surface area contributed by atoms with Crippen LogP contribution in [-0.4, -0.2) is 9.91 Å². The third-order valence-electron chi connectivity index (χ3n) is 2.97. The molecule has 7 heteroatoms. The molecule has 22 heavy (non-hydrogen) atoms. The number of hydrogen-bond acceptors (Lipinski definition) is 4. The molecule has 0 amide bonds. The van der Waals surface area contributed by atoms with Crippen molar-refractivity contribution < 1.29 is 18.4 Å². The second-order valence-electron chi connectivity index (χ2n) is 4.44. The summed E-state index contributed by atoms with van der Waals surface area (Å²) in [5, 5.41) is 11.4. The Labute approximate surface area is 122 Å². The maximum absolute atomic E-state index is 13.8. The zero-order valence-electron chi connectivity index (χ0n) is 11.0. The molecule has 1 heterocycles. The van der Waals surface area contributed by atoms with E-state index in [9.17, 15) is 18.9 Å². The molecule has 0 spiro atoms. The van der Waals surface area contributed by atoms with Crippen molar-refractivity contribution in [1.29, 1.82) is 0 Å². The van der Waals surface area contributed by atoms with Crippen LogP contribution in [0.2, 0.25) is 0 Å². The first-order valence-electron chi connectivity index (χ1n) is 6.21. The van der Waals surface area contributed by atoms with Crippen molar-refractivity contribution in [3.05, 3.63) is 70.3 Å². The van der Waals surface area contributed by atoms with Gasteiger partial charge in [0, 0.05) is 11.5 Å². The van der Waals surface area contributed by atoms with Crippen LogP contribution in [0.5, 0.6) is 11.6 Å². The molecule has 0 bridgehead atoms. The Kier molecular flexibility index (Phi) is 3.38. The van der Waals surface area contributed by atoms with Crippen LogP contribution >= 0.6 is 0 Å². The highest BCUT2D eigenvalue weighted by molar-refractivity contribution is 5.78. The van der Waals surface area contributed by atoms with E-state index in [2.05, 4.69) is 4.98 Å². The molecule has 0 aliphatic carbocycles. The molecule has 110 valence electrons. The van der Waals surface area contributed by atoms with Gasteiger partial charge in [0.2, 0.25) is 11.6 Å². The average Bonchev–Trinajstić information content (AvgIpc) is 2.50. The zero-order valence-corrected chi connectivity index (χ0v) is 11.0. The van der Waals surface area contributed by atoms with Gasteiger partial charge in [-0.25, -0.2) is 13.8 Å². The van der Waals surface area contributed by atoms with Crippen molar-refractivity contribution >= 4 is 16.6 Å². The van der Waals surface area contributed by atoms with Gasteiger partial charge in [-0.3, -0.25) is 10.1 Å². The van der Waals surface area contributed by atoms with Gasteiger partial charge in [-0.15, -0.1) is 0 Å². The first kappa shape index (κ1) is 13.9. The molecule has 0 N–H and O–H groups in total. The lowest BCUT2D eigenvalue weighted by atomic mass is 10.2.